The van der Waals surface area contributed by atoms with Crippen LogP contribution in [0.25, 0.3) is 0 Å². The van der Waals surface area contributed by atoms with Gasteiger partial charge in [-0.25, -0.2) is 0 Å². The van der Waals surface area contributed by atoms with Crippen LogP contribution in [-0.2, 0) is 0 Å². The van der Waals surface area contributed by atoms with Crippen LogP contribution in [0.2, 0.25) is 0 Å². The average molecular weight is 272 g/mol. The van der Waals surface area contributed by atoms with E-state index in [4.69, 9.17) is 0 Å². The summed E-state index contributed by atoms with van der Waals surface area (Å²) in [6.07, 6.45) is 3.30. The van der Waals surface area contributed by atoms with E-state index in [1.807, 2.05) is 48.5 Å². The second kappa shape index (κ2) is 6.42. The van der Waals surface area contributed by atoms with Crippen LogP contribution in [0, 0.1) is 0 Å². The van der Waals surface area contributed by atoms with Gasteiger partial charge in [0.2, 0.25) is 0 Å². The highest BCUT2D eigenvalue weighted by Gasteiger charge is 1.93. The lowest BCUT2D eigenvalue weighted by atomic mass is 10.3. The zero-order valence-electron chi connectivity index (χ0n) is 9.56. The Bertz CT molecular complexity index is 538. The number of aliphatic imine (C=N–C) groups is 2. The molecule has 0 aliphatic carbocycles. The number of hydrogen-bond acceptors (Lipinski definition) is 4. The minimum Gasteiger partial charge on any atom is -0.254 e. The summed E-state index contributed by atoms with van der Waals surface area (Å²) in [4.78, 5) is 10.2. The molecule has 0 aliphatic rings. The van der Waals surface area contributed by atoms with Crippen LogP contribution in [0.15, 0.2) is 68.3 Å². The zero-order valence-corrected chi connectivity index (χ0v) is 11.4. The normalized spacial score (nSPS) is 11.4. The van der Waals surface area contributed by atoms with Crippen LogP contribution in [-0.4, -0.2) is 12.4 Å². The maximum atomic E-state index is 4.32. The molecule has 0 aliphatic heterocycles. The van der Waals surface area contributed by atoms with Crippen molar-refractivity contribution in [2.45, 2.75) is 9.79 Å². The second-order valence-electron chi connectivity index (χ2n) is 3.53. The topological polar surface area (TPSA) is 24.7 Å². The van der Waals surface area contributed by atoms with E-state index in [0.717, 1.165) is 21.2 Å². The van der Waals surface area contributed by atoms with Crippen molar-refractivity contribution in [3.63, 3.8) is 0 Å². The molecule has 0 unspecified atom stereocenters. The van der Waals surface area contributed by atoms with Crippen molar-refractivity contribution in [3.05, 3.63) is 48.5 Å². The molecule has 2 aromatic rings. The molecule has 0 N–H and O–H groups in total. The van der Waals surface area contributed by atoms with Gasteiger partial charge in [-0.2, -0.15) is 0 Å². The summed E-state index contributed by atoms with van der Waals surface area (Å²) in [6, 6.07) is 15.3. The molecule has 0 amide bonds. The molecule has 0 saturated heterocycles. The van der Waals surface area contributed by atoms with Crippen molar-refractivity contribution in [2.24, 2.45) is 9.98 Å². The Labute approximate surface area is 117 Å². The molecule has 2 rings (SSSR count). The fourth-order valence-electron chi connectivity index (χ4n) is 1.37. The largest absolute Gasteiger partial charge is 0.254 e. The van der Waals surface area contributed by atoms with Gasteiger partial charge in [0.1, 0.15) is 0 Å². The van der Waals surface area contributed by atoms with Crippen LogP contribution in [0.4, 0.5) is 11.4 Å². The third kappa shape index (κ3) is 3.48. The maximum absolute atomic E-state index is 4.32. The Kier molecular flexibility index (Phi) is 4.61. The first-order valence-corrected chi connectivity index (χ1v) is 6.29. The van der Waals surface area contributed by atoms with Gasteiger partial charge < -0.3 is 0 Å². The van der Waals surface area contributed by atoms with Gasteiger partial charge >= 0.3 is 0 Å². The van der Waals surface area contributed by atoms with Crippen molar-refractivity contribution >= 4 is 49.1 Å². The first-order valence-electron chi connectivity index (χ1n) is 5.40. The average Bonchev–Trinajstić information content (AvgIpc) is 2.38. The Balaban J connectivity index is 2.08. The van der Waals surface area contributed by atoms with E-state index in [1.54, 1.807) is 12.4 Å². The zero-order chi connectivity index (χ0) is 12.8. The van der Waals surface area contributed by atoms with Crippen LogP contribution in [0.1, 0.15) is 0 Å². The van der Waals surface area contributed by atoms with Gasteiger partial charge in [-0.3, -0.25) is 9.98 Å². The van der Waals surface area contributed by atoms with E-state index in [0.29, 0.717) is 0 Å². The van der Waals surface area contributed by atoms with Gasteiger partial charge in [0.05, 0.1) is 11.4 Å². The molecule has 90 valence electrons. The summed E-state index contributed by atoms with van der Waals surface area (Å²) < 4.78 is 0. The van der Waals surface area contributed by atoms with Gasteiger partial charge in [0, 0.05) is 22.2 Å². The van der Waals surface area contributed by atoms with E-state index in [2.05, 4.69) is 35.2 Å². The molecule has 0 atom stereocenters. The molecular weight excluding hydrogens is 260 g/mol. The minimum absolute atomic E-state index is 0.825. The van der Waals surface area contributed by atoms with Gasteiger partial charge in [0.15, 0.2) is 0 Å². The molecule has 0 spiro atoms. The molecule has 18 heavy (non-hydrogen) atoms. The Morgan fingerprint density at radius 1 is 0.667 bits per heavy atom. The smallest absolute Gasteiger partial charge is 0.0763 e. The Morgan fingerprint density at radius 3 is 1.44 bits per heavy atom. The monoisotopic (exact) mass is 272 g/mol. The third-order valence-corrected chi connectivity index (χ3v) is 3.01. The first-order chi connectivity index (χ1) is 8.77. The highest BCUT2D eigenvalue weighted by molar-refractivity contribution is 7.80. The van der Waals surface area contributed by atoms with E-state index >= 15 is 0 Å². The number of para-hydroxylation sites is 2. The number of hydrogen-bond donors (Lipinski definition) is 2. The summed E-state index contributed by atoms with van der Waals surface area (Å²) in [5.74, 6) is 0. The lowest BCUT2D eigenvalue weighted by molar-refractivity contribution is 1.39. The van der Waals surface area contributed by atoms with Crippen molar-refractivity contribution in [2.75, 3.05) is 0 Å². The maximum Gasteiger partial charge on any atom is 0.0763 e. The standard InChI is InChI=1S/C14H12N2S2/c17-13-7-3-1-5-11(13)15-9-10-16-12-6-2-4-8-14(12)18/h1-10,17-18H. The number of nitrogens with zero attached hydrogens (tertiary/aromatic N) is 2. The van der Waals surface area contributed by atoms with Gasteiger partial charge in [-0.05, 0) is 24.3 Å². The van der Waals surface area contributed by atoms with Crippen molar-refractivity contribution < 1.29 is 0 Å². The van der Waals surface area contributed by atoms with Gasteiger partial charge in [-0.15, -0.1) is 25.3 Å². The van der Waals surface area contributed by atoms with Gasteiger partial charge in [-0.1, -0.05) is 24.3 Å². The summed E-state index contributed by atoms with van der Waals surface area (Å²) in [5, 5.41) is 0. The molecular formula is C14H12N2S2. The fraction of sp³-hybridized carbons (Fsp3) is 0. The molecule has 0 fully saturated rings. The first kappa shape index (κ1) is 12.9. The van der Waals surface area contributed by atoms with Gasteiger partial charge in [0.25, 0.3) is 0 Å². The molecule has 0 bridgehead atoms. The summed E-state index contributed by atoms with van der Waals surface area (Å²) in [7, 11) is 0. The summed E-state index contributed by atoms with van der Waals surface area (Å²) in [5.41, 5.74) is 1.65. The molecule has 0 saturated carbocycles. The van der Waals surface area contributed by atoms with E-state index < -0.39 is 0 Å². The molecule has 4 heteroatoms. The Morgan fingerprint density at radius 2 is 1.06 bits per heavy atom. The Hall–Kier alpha value is -1.52. The fourth-order valence-corrected chi connectivity index (χ4v) is 1.81. The highest BCUT2D eigenvalue weighted by atomic mass is 32.1. The predicted molar refractivity (Wildman–Crippen MR) is 83.7 cm³/mol. The second-order valence-corrected chi connectivity index (χ2v) is 4.50. The summed E-state index contributed by atoms with van der Waals surface area (Å²) in [6.45, 7) is 0. The van der Waals surface area contributed by atoms with E-state index in [9.17, 15) is 0 Å². The van der Waals surface area contributed by atoms with Crippen LogP contribution < -0.4 is 0 Å². The SMILES string of the molecule is Sc1ccccc1N=CC=Nc1ccccc1S. The highest BCUT2D eigenvalue weighted by Crippen LogP contribution is 2.22. The quantitative estimate of drug-likeness (QED) is 0.613. The third-order valence-electron chi connectivity index (χ3n) is 2.26. The molecule has 0 heterocycles. The molecule has 2 nitrogen and oxygen atoms in total. The van der Waals surface area contributed by atoms with E-state index in [-0.39, 0.29) is 0 Å². The van der Waals surface area contributed by atoms with Crippen LogP contribution in [0.3, 0.4) is 0 Å². The van der Waals surface area contributed by atoms with Crippen molar-refractivity contribution in [1.29, 1.82) is 0 Å². The lowest BCUT2D eigenvalue weighted by Gasteiger charge is -1.96. The number of rotatable bonds is 3. The van der Waals surface area contributed by atoms with E-state index in [1.165, 1.54) is 0 Å². The minimum atomic E-state index is 0.825. The number of benzene rings is 2. The van der Waals surface area contributed by atoms with Crippen molar-refractivity contribution in [1.82, 2.24) is 0 Å². The van der Waals surface area contributed by atoms with Crippen LogP contribution >= 0.6 is 25.3 Å². The molecule has 2 aromatic carbocycles. The predicted octanol–water partition coefficient (Wildman–Crippen LogP) is 4.37. The lowest BCUT2D eigenvalue weighted by Crippen LogP contribution is -1.76. The van der Waals surface area contributed by atoms with Crippen LogP contribution in [0.5, 0.6) is 0 Å². The van der Waals surface area contributed by atoms with Crippen molar-refractivity contribution in [3.8, 4) is 0 Å². The molecule has 0 aromatic heterocycles. The molecule has 0 radical (unpaired) electrons. The number of thiol groups is 2. The summed E-state index contributed by atoms with van der Waals surface area (Å²) >= 11 is 8.63.